The van der Waals surface area contributed by atoms with Crippen LogP contribution in [0.4, 0.5) is 0 Å². The predicted octanol–water partition coefficient (Wildman–Crippen LogP) is 5.03. The SMILES string of the molecule is CN1CCN(CCCOc2ccc(-c3nc4c(Cl)cccc4n3Cl)c(Cl)c2)CC1. The zero-order chi connectivity index (χ0) is 20.4. The highest BCUT2D eigenvalue weighted by molar-refractivity contribution is 6.36. The number of hydrogen-bond donors (Lipinski definition) is 0. The molecule has 0 spiro atoms. The maximum absolute atomic E-state index is 6.51. The van der Waals surface area contributed by atoms with Crippen molar-refractivity contribution in [1.29, 1.82) is 0 Å². The van der Waals surface area contributed by atoms with E-state index in [1.54, 1.807) is 6.07 Å². The first-order valence-electron chi connectivity index (χ1n) is 9.69. The Morgan fingerprint density at radius 1 is 1.03 bits per heavy atom. The second-order valence-electron chi connectivity index (χ2n) is 7.31. The Bertz CT molecular complexity index is 999. The highest BCUT2D eigenvalue weighted by atomic mass is 35.5. The van der Waals surface area contributed by atoms with Gasteiger partial charge in [0.2, 0.25) is 0 Å². The molecule has 154 valence electrons. The van der Waals surface area contributed by atoms with Gasteiger partial charge in [0.15, 0.2) is 5.82 Å². The normalized spacial score (nSPS) is 15.9. The molecule has 1 saturated heterocycles. The van der Waals surface area contributed by atoms with Gasteiger partial charge in [-0.15, -0.1) is 0 Å². The smallest absolute Gasteiger partial charge is 0.157 e. The van der Waals surface area contributed by atoms with Gasteiger partial charge in [0.05, 0.1) is 22.2 Å². The van der Waals surface area contributed by atoms with Crippen LogP contribution in [0.2, 0.25) is 10.0 Å². The number of imidazole rings is 1. The third-order valence-corrected chi connectivity index (χ3v) is 6.21. The Morgan fingerprint density at radius 2 is 1.83 bits per heavy atom. The van der Waals surface area contributed by atoms with Crippen molar-refractivity contribution in [3.63, 3.8) is 0 Å². The molecule has 29 heavy (non-hydrogen) atoms. The summed E-state index contributed by atoms with van der Waals surface area (Å²) in [6.07, 6.45) is 0.985. The summed E-state index contributed by atoms with van der Waals surface area (Å²) in [6, 6.07) is 11.1. The Morgan fingerprint density at radius 3 is 2.55 bits per heavy atom. The topological polar surface area (TPSA) is 33.5 Å². The van der Waals surface area contributed by atoms with Crippen LogP contribution in [0, 0.1) is 0 Å². The number of ether oxygens (including phenoxy) is 1. The Hall–Kier alpha value is -1.50. The summed E-state index contributed by atoms with van der Waals surface area (Å²) < 4.78 is 7.38. The molecule has 2 aromatic carbocycles. The molecule has 0 saturated carbocycles. The second-order valence-corrected chi connectivity index (χ2v) is 8.46. The molecule has 4 rings (SSSR count). The van der Waals surface area contributed by atoms with E-state index in [1.807, 2.05) is 30.3 Å². The second kappa shape index (κ2) is 9.11. The molecule has 0 amide bonds. The molecule has 0 aliphatic carbocycles. The largest absolute Gasteiger partial charge is 0.493 e. The van der Waals surface area contributed by atoms with Gasteiger partial charge in [-0.25, -0.2) is 9.07 Å². The standard InChI is InChI=1S/C21H23Cl3N4O/c1-26-9-11-27(12-10-26)8-3-13-29-15-6-7-16(18(23)14-15)21-25-20-17(22)4-2-5-19(20)28(21)24/h2,4-7,14H,3,8-13H2,1H3. The highest BCUT2D eigenvalue weighted by Crippen LogP contribution is 2.35. The van der Waals surface area contributed by atoms with Crippen molar-refractivity contribution in [3.8, 4) is 17.1 Å². The van der Waals surface area contributed by atoms with E-state index in [0.29, 0.717) is 28.0 Å². The van der Waals surface area contributed by atoms with Crippen LogP contribution >= 0.6 is 35.0 Å². The molecule has 0 unspecified atom stereocenters. The third kappa shape index (κ3) is 4.65. The average Bonchev–Trinajstić information content (AvgIpc) is 3.05. The summed E-state index contributed by atoms with van der Waals surface area (Å²) in [4.78, 5) is 9.41. The van der Waals surface area contributed by atoms with Crippen molar-refractivity contribution in [3.05, 3.63) is 46.4 Å². The lowest BCUT2D eigenvalue weighted by Gasteiger charge is -2.32. The quantitative estimate of drug-likeness (QED) is 0.490. The van der Waals surface area contributed by atoms with Crippen LogP contribution in [0.25, 0.3) is 22.4 Å². The highest BCUT2D eigenvalue weighted by Gasteiger charge is 2.17. The lowest BCUT2D eigenvalue weighted by Crippen LogP contribution is -2.44. The number of para-hydroxylation sites is 1. The van der Waals surface area contributed by atoms with Crippen molar-refractivity contribution in [2.24, 2.45) is 0 Å². The van der Waals surface area contributed by atoms with Gasteiger partial charge in [0.1, 0.15) is 11.3 Å². The number of likely N-dealkylation sites (N-methyl/N-ethyl adjacent to an activating group) is 1. The predicted molar refractivity (Wildman–Crippen MR) is 120 cm³/mol. The number of benzene rings is 2. The summed E-state index contributed by atoms with van der Waals surface area (Å²) in [6.45, 7) is 6.23. The maximum atomic E-state index is 6.51. The van der Waals surface area contributed by atoms with Gasteiger partial charge >= 0.3 is 0 Å². The van der Waals surface area contributed by atoms with Crippen molar-refractivity contribution >= 4 is 46.0 Å². The molecule has 0 radical (unpaired) electrons. The van der Waals surface area contributed by atoms with Crippen LogP contribution in [0.5, 0.6) is 5.75 Å². The van der Waals surface area contributed by atoms with Crippen LogP contribution in [-0.2, 0) is 0 Å². The number of piperazine rings is 1. The van der Waals surface area contributed by atoms with Gasteiger partial charge in [-0.2, -0.15) is 0 Å². The molecule has 8 heteroatoms. The van der Waals surface area contributed by atoms with E-state index in [0.717, 1.165) is 56.0 Å². The molecule has 1 fully saturated rings. The summed E-state index contributed by atoms with van der Waals surface area (Å²) >= 11 is 19.2. The Kier molecular flexibility index (Phi) is 6.52. The van der Waals surface area contributed by atoms with Gasteiger partial charge in [-0.05, 0) is 43.8 Å². The molecule has 3 aromatic rings. The fourth-order valence-electron chi connectivity index (χ4n) is 3.52. The van der Waals surface area contributed by atoms with E-state index in [2.05, 4.69) is 21.8 Å². The van der Waals surface area contributed by atoms with Gasteiger partial charge < -0.3 is 14.5 Å². The fraction of sp³-hybridized carbons (Fsp3) is 0.381. The molecule has 0 N–H and O–H groups in total. The number of halogens is 3. The molecular formula is C21H23Cl3N4O. The van der Waals surface area contributed by atoms with Crippen molar-refractivity contribution < 1.29 is 4.74 Å². The number of fused-ring (bicyclic) bond motifs is 1. The van der Waals surface area contributed by atoms with Crippen molar-refractivity contribution in [2.45, 2.75) is 6.42 Å². The number of nitrogens with zero attached hydrogens (tertiary/aromatic N) is 4. The maximum Gasteiger partial charge on any atom is 0.157 e. The summed E-state index contributed by atoms with van der Waals surface area (Å²) in [5.41, 5.74) is 2.13. The van der Waals surface area contributed by atoms with E-state index in [9.17, 15) is 0 Å². The van der Waals surface area contributed by atoms with Crippen LogP contribution in [0.15, 0.2) is 36.4 Å². The van der Waals surface area contributed by atoms with Gasteiger partial charge in [0, 0.05) is 50.1 Å². The van der Waals surface area contributed by atoms with Crippen LogP contribution < -0.4 is 4.74 Å². The van der Waals surface area contributed by atoms with Crippen molar-refractivity contribution in [2.75, 3.05) is 46.4 Å². The van der Waals surface area contributed by atoms with Crippen molar-refractivity contribution in [1.82, 2.24) is 18.9 Å². The van der Waals surface area contributed by atoms with Gasteiger partial charge in [0.25, 0.3) is 0 Å². The summed E-state index contributed by atoms with van der Waals surface area (Å²) in [7, 11) is 2.17. The van der Waals surface area contributed by atoms with Crippen LogP contribution in [0.1, 0.15) is 6.42 Å². The number of rotatable bonds is 6. The average molecular weight is 454 g/mol. The lowest BCUT2D eigenvalue weighted by atomic mass is 10.2. The Labute approximate surface area is 185 Å². The first-order valence-corrected chi connectivity index (χ1v) is 10.8. The van der Waals surface area contributed by atoms with E-state index in [1.165, 1.54) is 4.09 Å². The first kappa shape index (κ1) is 20.8. The van der Waals surface area contributed by atoms with Crippen LogP contribution in [-0.4, -0.2) is 65.2 Å². The van der Waals surface area contributed by atoms with E-state index >= 15 is 0 Å². The van der Waals surface area contributed by atoms with Gasteiger partial charge in [-0.3, -0.25) is 0 Å². The minimum atomic E-state index is 0.537. The molecule has 0 bridgehead atoms. The number of hydrogen-bond acceptors (Lipinski definition) is 4. The Balaban J connectivity index is 1.40. The zero-order valence-electron chi connectivity index (χ0n) is 16.2. The molecule has 1 aliphatic rings. The van der Waals surface area contributed by atoms with Crippen LogP contribution in [0.3, 0.4) is 0 Å². The minimum Gasteiger partial charge on any atom is -0.493 e. The molecule has 2 heterocycles. The molecular weight excluding hydrogens is 431 g/mol. The van der Waals surface area contributed by atoms with E-state index in [4.69, 9.17) is 39.7 Å². The summed E-state index contributed by atoms with van der Waals surface area (Å²) in [5.74, 6) is 1.30. The molecule has 0 atom stereocenters. The third-order valence-electron chi connectivity index (χ3n) is 5.25. The van der Waals surface area contributed by atoms with E-state index in [-0.39, 0.29) is 0 Å². The lowest BCUT2D eigenvalue weighted by molar-refractivity contribution is 0.145. The minimum absolute atomic E-state index is 0.537. The zero-order valence-corrected chi connectivity index (χ0v) is 18.5. The van der Waals surface area contributed by atoms with Gasteiger partial charge in [-0.1, -0.05) is 29.3 Å². The fourth-order valence-corrected chi connectivity index (χ4v) is 4.25. The number of aromatic nitrogens is 2. The molecule has 1 aliphatic heterocycles. The monoisotopic (exact) mass is 452 g/mol. The molecule has 5 nitrogen and oxygen atoms in total. The summed E-state index contributed by atoms with van der Waals surface area (Å²) in [5, 5.41) is 1.09. The van der Waals surface area contributed by atoms with E-state index < -0.39 is 0 Å². The molecule has 1 aromatic heterocycles. The first-order chi connectivity index (χ1) is 14.0.